The van der Waals surface area contributed by atoms with Crippen molar-refractivity contribution in [1.82, 2.24) is 0 Å². The average Bonchev–Trinajstić information content (AvgIpc) is 2.38. The second-order valence-corrected chi connectivity index (χ2v) is 5.69. The first-order valence-corrected chi connectivity index (χ1v) is 8.19. The zero-order valence-electron chi connectivity index (χ0n) is 12.8. The van der Waals surface area contributed by atoms with Gasteiger partial charge < -0.3 is 0 Å². The molecular weight excluding hydrogens is 268 g/mol. The van der Waals surface area contributed by atoms with Gasteiger partial charge in [0.25, 0.3) is 0 Å². The molecule has 0 nitrogen and oxygen atoms in total. The Bertz CT molecular complexity index is 201. The molecule has 0 fully saturated rings. The van der Waals surface area contributed by atoms with Crippen LogP contribution >= 0.6 is 0 Å². The number of hydrogen-bond acceptors (Lipinski definition) is 0. The number of unbranched alkanes of at least 4 members (excludes halogenated alkanes) is 11. The molecule has 0 N–H and O–H groups in total. The first-order chi connectivity index (χ1) is 9.48. The summed E-state index contributed by atoms with van der Waals surface area (Å²) >= 11 is 0. The van der Waals surface area contributed by atoms with Crippen molar-refractivity contribution in [3.05, 3.63) is 0 Å². The lowest BCUT2D eigenvalue weighted by Gasteiger charge is -2.11. The molecule has 0 rings (SSSR count). The highest BCUT2D eigenvalue weighted by Crippen LogP contribution is 2.27. The number of alkyl halides is 4. The molecule has 0 aromatic heterocycles. The van der Waals surface area contributed by atoms with Crippen LogP contribution in [0.4, 0.5) is 17.6 Å². The summed E-state index contributed by atoms with van der Waals surface area (Å²) in [5.74, 6) is 0. The Labute approximate surface area is 121 Å². The highest BCUT2D eigenvalue weighted by Gasteiger charge is 2.39. The molecule has 4 heteroatoms. The van der Waals surface area contributed by atoms with Crippen molar-refractivity contribution in [1.29, 1.82) is 0 Å². The Kier molecular flexibility index (Phi) is 12.3. The van der Waals surface area contributed by atoms with Crippen LogP contribution in [0.25, 0.3) is 0 Å². The first kappa shape index (κ1) is 19.7. The van der Waals surface area contributed by atoms with E-state index in [0.717, 1.165) is 19.3 Å². The fourth-order valence-electron chi connectivity index (χ4n) is 2.33. The Balaban J connectivity index is 3.14. The van der Waals surface area contributed by atoms with Crippen LogP contribution in [-0.2, 0) is 0 Å². The van der Waals surface area contributed by atoms with Gasteiger partial charge in [-0.25, -0.2) is 4.39 Å². The zero-order valence-corrected chi connectivity index (χ0v) is 12.8. The van der Waals surface area contributed by atoms with Gasteiger partial charge in [-0.15, -0.1) is 0 Å². The predicted octanol–water partition coefficient (Wildman–Crippen LogP) is 6.98. The van der Waals surface area contributed by atoms with Gasteiger partial charge in [-0.05, 0) is 6.42 Å². The molecule has 0 aliphatic carbocycles. The maximum absolute atomic E-state index is 12.6. The van der Waals surface area contributed by atoms with Gasteiger partial charge in [-0.2, -0.15) is 13.2 Å². The van der Waals surface area contributed by atoms with Crippen LogP contribution in [0.1, 0.15) is 90.4 Å². The van der Waals surface area contributed by atoms with Gasteiger partial charge in [-0.1, -0.05) is 84.0 Å². The van der Waals surface area contributed by atoms with E-state index in [-0.39, 0.29) is 6.42 Å². The second kappa shape index (κ2) is 12.5. The standard InChI is InChI=1S/C16H30F4/c1-2-3-4-5-6-7-8-9-10-11-12-13-14-15(17)16(18,19)20/h15H,2-14H2,1H3. The molecule has 0 heterocycles. The molecular formula is C16H30F4. The van der Waals surface area contributed by atoms with Crippen molar-refractivity contribution < 1.29 is 17.6 Å². The van der Waals surface area contributed by atoms with E-state index >= 15 is 0 Å². The van der Waals surface area contributed by atoms with E-state index in [1.54, 1.807) is 0 Å². The van der Waals surface area contributed by atoms with E-state index in [0.29, 0.717) is 12.8 Å². The minimum atomic E-state index is -4.67. The van der Waals surface area contributed by atoms with Crippen molar-refractivity contribution in [2.75, 3.05) is 0 Å². The smallest absolute Gasteiger partial charge is 0.237 e. The van der Waals surface area contributed by atoms with Gasteiger partial charge >= 0.3 is 6.18 Å². The topological polar surface area (TPSA) is 0 Å². The van der Waals surface area contributed by atoms with Gasteiger partial charge in [0, 0.05) is 0 Å². The fraction of sp³-hybridized carbons (Fsp3) is 1.00. The minimum Gasteiger partial charge on any atom is -0.237 e. The number of halogens is 4. The van der Waals surface area contributed by atoms with Crippen LogP contribution in [0.2, 0.25) is 0 Å². The molecule has 0 saturated heterocycles. The van der Waals surface area contributed by atoms with E-state index in [1.165, 1.54) is 44.9 Å². The second-order valence-electron chi connectivity index (χ2n) is 5.69. The fourth-order valence-corrected chi connectivity index (χ4v) is 2.33. The summed E-state index contributed by atoms with van der Waals surface area (Å²) in [6.45, 7) is 2.21. The van der Waals surface area contributed by atoms with Gasteiger partial charge in [0.2, 0.25) is 0 Å². The van der Waals surface area contributed by atoms with Crippen molar-refractivity contribution in [2.45, 2.75) is 103 Å². The summed E-state index contributed by atoms with van der Waals surface area (Å²) in [4.78, 5) is 0. The summed E-state index contributed by atoms with van der Waals surface area (Å²) in [6.07, 6.45) is 5.59. The third kappa shape index (κ3) is 12.7. The molecule has 0 aliphatic rings. The van der Waals surface area contributed by atoms with Crippen molar-refractivity contribution in [3.8, 4) is 0 Å². The zero-order chi connectivity index (χ0) is 15.3. The molecule has 1 unspecified atom stereocenters. The quantitative estimate of drug-likeness (QED) is 0.254. The summed E-state index contributed by atoms with van der Waals surface area (Å²) in [5, 5.41) is 0. The molecule has 0 radical (unpaired) electrons. The summed E-state index contributed by atoms with van der Waals surface area (Å²) in [6, 6.07) is 0. The van der Waals surface area contributed by atoms with Crippen molar-refractivity contribution >= 4 is 0 Å². The summed E-state index contributed by atoms with van der Waals surface area (Å²) in [5.41, 5.74) is 0. The van der Waals surface area contributed by atoms with Crippen molar-refractivity contribution in [3.63, 3.8) is 0 Å². The SMILES string of the molecule is CCCCCCCCCCCCCCC(F)C(F)(F)F. The van der Waals surface area contributed by atoms with Crippen LogP contribution in [0, 0.1) is 0 Å². The normalized spacial score (nSPS) is 13.7. The number of hydrogen-bond donors (Lipinski definition) is 0. The van der Waals surface area contributed by atoms with Gasteiger partial charge in [-0.3, -0.25) is 0 Å². The highest BCUT2D eigenvalue weighted by molar-refractivity contribution is 4.65. The lowest BCUT2D eigenvalue weighted by atomic mass is 10.0. The van der Waals surface area contributed by atoms with Crippen LogP contribution in [-0.4, -0.2) is 12.3 Å². The monoisotopic (exact) mass is 298 g/mol. The van der Waals surface area contributed by atoms with E-state index < -0.39 is 12.3 Å². The highest BCUT2D eigenvalue weighted by atomic mass is 19.4. The Morgan fingerprint density at radius 1 is 0.650 bits per heavy atom. The molecule has 0 saturated carbocycles. The lowest BCUT2D eigenvalue weighted by molar-refractivity contribution is -0.182. The summed E-state index contributed by atoms with van der Waals surface area (Å²) in [7, 11) is 0. The maximum atomic E-state index is 12.6. The van der Waals surface area contributed by atoms with Gasteiger partial charge in [0.1, 0.15) is 0 Å². The number of rotatable bonds is 13. The van der Waals surface area contributed by atoms with Gasteiger partial charge in [0.15, 0.2) is 6.17 Å². The average molecular weight is 298 g/mol. The largest absolute Gasteiger partial charge is 0.419 e. The minimum absolute atomic E-state index is 0.345. The van der Waals surface area contributed by atoms with Crippen molar-refractivity contribution in [2.24, 2.45) is 0 Å². The third-order valence-electron chi connectivity index (χ3n) is 3.67. The first-order valence-electron chi connectivity index (χ1n) is 8.19. The molecule has 0 spiro atoms. The Morgan fingerprint density at radius 3 is 1.35 bits per heavy atom. The van der Waals surface area contributed by atoms with Crippen LogP contribution in [0.15, 0.2) is 0 Å². The Morgan fingerprint density at radius 2 is 1.00 bits per heavy atom. The van der Waals surface area contributed by atoms with E-state index in [9.17, 15) is 17.6 Å². The molecule has 0 amide bonds. The molecule has 0 aromatic carbocycles. The van der Waals surface area contributed by atoms with E-state index in [2.05, 4.69) is 6.92 Å². The van der Waals surface area contributed by atoms with Crippen LogP contribution in [0.5, 0.6) is 0 Å². The van der Waals surface area contributed by atoms with Crippen LogP contribution < -0.4 is 0 Å². The predicted molar refractivity (Wildman–Crippen MR) is 76.6 cm³/mol. The molecule has 122 valence electrons. The molecule has 0 aromatic rings. The lowest BCUT2D eigenvalue weighted by Crippen LogP contribution is -2.23. The molecule has 1 atom stereocenters. The third-order valence-corrected chi connectivity index (χ3v) is 3.67. The summed E-state index contributed by atoms with van der Waals surface area (Å²) < 4.78 is 48.3. The van der Waals surface area contributed by atoms with E-state index in [1.807, 2.05) is 0 Å². The molecule has 0 aliphatic heterocycles. The molecule has 20 heavy (non-hydrogen) atoms. The van der Waals surface area contributed by atoms with Crippen LogP contribution in [0.3, 0.4) is 0 Å². The van der Waals surface area contributed by atoms with E-state index in [4.69, 9.17) is 0 Å². The van der Waals surface area contributed by atoms with Gasteiger partial charge in [0.05, 0.1) is 0 Å². The maximum Gasteiger partial charge on any atom is 0.419 e. The Hall–Kier alpha value is -0.280. The molecule has 0 bridgehead atoms.